The van der Waals surface area contributed by atoms with Crippen LogP contribution in [0.5, 0.6) is 17.2 Å². The maximum absolute atomic E-state index is 11.6. The molecule has 3 heteroatoms. The predicted octanol–water partition coefficient (Wildman–Crippen LogP) is 13.7. The molecule has 0 aromatic heterocycles. The smallest absolute Gasteiger partial charge is 0.123 e. The Morgan fingerprint density at radius 1 is 0.309 bits per heavy atom. The molecule has 3 N–H and O–H groups in total. The normalized spacial score (nSPS) is 13.4. The van der Waals surface area contributed by atoms with Crippen molar-refractivity contribution >= 4 is 0 Å². The van der Waals surface area contributed by atoms with Crippen LogP contribution in [0.15, 0.2) is 48.5 Å². The van der Waals surface area contributed by atoms with E-state index in [1.54, 1.807) is 0 Å². The van der Waals surface area contributed by atoms with Crippen molar-refractivity contribution in [1.82, 2.24) is 0 Å². The van der Waals surface area contributed by atoms with E-state index in [0.29, 0.717) is 17.2 Å². The number of hydrogen-bond acceptors (Lipinski definition) is 3. The second-order valence-electron chi connectivity index (χ2n) is 22.7. The highest BCUT2D eigenvalue weighted by molar-refractivity contribution is 5.55. The minimum absolute atomic E-state index is 0.208. The summed E-state index contributed by atoms with van der Waals surface area (Å²) in [4.78, 5) is 0. The predicted molar refractivity (Wildman–Crippen MR) is 236 cm³/mol. The zero-order chi connectivity index (χ0) is 42.0. The fraction of sp³-hybridized carbons (Fsp3) is 0.538. The average Bonchev–Trinajstić information content (AvgIpc) is 2.98. The van der Waals surface area contributed by atoms with Gasteiger partial charge < -0.3 is 15.3 Å². The summed E-state index contributed by atoms with van der Waals surface area (Å²) in [6.45, 7) is 41.3. The largest absolute Gasteiger partial charge is 0.507 e. The Morgan fingerprint density at radius 2 is 0.509 bits per heavy atom. The van der Waals surface area contributed by atoms with Crippen LogP contribution in [0.1, 0.15) is 197 Å². The standard InChI is InChI=1S/C52H74O3/c1-31-20-36(22-33-26-40(49(8,9)10)45(54)41(27-33)50(11,12)13)37(23-34-28-42(51(14,15)16)46(55)43(29-34)52(17,18)19)30-35(31)21-32-24-38(47(2,3)4)44(53)39(25-32)48(5,6)7/h20,24-30,53-55H,21-23H2,1-19H3. The van der Waals surface area contributed by atoms with E-state index in [2.05, 4.69) is 180 Å². The van der Waals surface area contributed by atoms with Gasteiger partial charge in [-0.1, -0.05) is 173 Å². The first-order valence-corrected chi connectivity index (χ1v) is 20.4. The van der Waals surface area contributed by atoms with E-state index >= 15 is 0 Å². The van der Waals surface area contributed by atoms with Gasteiger partial charge in [0.1, 0.15) is 17.2 Å². The van der Waals surface area contributed by atoms with Crippen LogP contribution in [0.2, 0.25) is 0 Å². The zero-order valence-corrected chi connectivity index (χ0v) is 38.1. The molecule has 4 aromatic carbocycles. The SMILES string of the molecule is Cc1cc(Cc2cc(C(C)(C)C)c(O)c(C(C)(C)C)c2)c(Cc2cc(C(C)(C)C)c(O)c(C(C)(C)C)c2)cc1Cc1cc(C(C)(C)C)c(O)c(C(C)(C)C)c1. The first-order valence-electron chi connectivity index (χ1n) is 20.4. The summed E-state index contributed by atoms with van der Waals surface area (Å²) in [5.41, 5.74) is 13.2. The molecule has 55 heavy (non-hydrogen) atoms. The summed E-state index contributed by atoms with van der Waals surface area (Å²) in [6, 6.07) is 18.1. The Labute approximate surface area is 335 Å². The third kappa shape index (κ3) is 10.00. The van der Waals surface area contributed by atoms with Crippen molar-refractivity contribution < 1.29 is 15.3 Å². The van der Waals surface area contributed by atoms with E-state index in [-0.39, 0.29) is 32.5 Å². The summed E-state index contributed by atoms with van der Waals surface area (Å²) in [5.74, 6) is 1.21. The van der Waals surface area contributed by atoms with E-state index in [1.165, 1.54) is 38.9 Å². The Balaban J connectivity index is 2.00. The van der Waals surface area contributed by atoms with Crippen molar-refractivity contribution in [2.45, 2.75) is 183 Å². The molecular weight excluding hydrogens is 673 g/mol. The van der Waals surface area contributed by atoms with Gasteiger partial charge in [0.05, 0.1) is 0 Å². The van der Waals surface area contributed by atoms with Gasteiger partial charge in [-0.2, -0.15) is 0 Å². The Morgan fingerprint density at radius 3 is 0.727 bits per heavy atom. The van der Waals surface area contributed by atoms with Gasteiger partial charge in [-0.15, -0.1) is 0 Å². The van der Waals surface area contributed by atoms with E-state index in [0.717, 1.165) is 52.6 Å². The van der Waals surface area contributed by atoms with Crippen LogP contribution in [0.4, 0.5) is 0 Å². The maximum atomic E-state index is 11.6. The lowest BCUT2D eigenvalue weighted by Crippen LogP contribution is -2.18. The molecule has 0 fully saturated rings. The van der Waals surface area contributed by atoms with Crippen LogP contribution >= 0.6 is 0 Å². The molecule has 0 heterocycles. The summed E-state index contributed by atoms with van der Waals surface area (Å²) >= 11 is 0. The van der Waals surface area contributed by atoms with Gasteiger partial charge >= 0.3 is 0 Å². The quantitative estimate of drug-likeness (QED) is 0.184. The fourth-order valence-electron chi connectivity index (χ4n) is 7.86. The lowest BCUT2D eigenvalue weighted by Gasteiger charge is -2.29. The maximum Gasteiger partial charge on any atom is 0.123 e. The van der Waals surface area contributed by atoms with Crippen LogP contribution < -0.4 is 0 Å². The number of phenolic OH excluding ortho intramolecular Hbond substituents is 3. The summed E-state index contributed by atoms with van der Waals surface area (Å²) in [7, 11) is 0. The number of benzene rings is 4. The van der Waals surface area contributed by atoms with Crippen molar-refractivity contribution in [3.8, 4) is 17.2 Å². The second kappa shape index (κ2) is 14.7. The highest BCUT2D eigenvalue weighted by Crippen LogP contribution is 2.44. The Hall–Kier alpha value is -3.72. The molecule has 0 saturated heterocycles. The van der Waals surface area contributed by atoms with Gasteiger partial charge in [0.25, 0.3) is 0 Å². The van der Waals surface area contributed by atoms with E-state index in [9.17, 15) is 15.3 Å². The third-order valence-electron chi connectivity index (χ3n) is 11.2. The first-order chi connectivity index (χ1) is 24.7. The molecule has 0 bridgehead atoms. The van der Waals surface area contributed by atoms with Crippen molar-refractivity contribution in [2.75, 3.05) is 0 Å². The Bertz CT molecular complexity index is 1940. The molecule has 0 unspecified atom stereocenters. The monoisotopic (exact) mass is 747 g/mol. The summed E-state index contributed by atoms with van der Waals surface area (Å²) in [5, 5.41) is 34.6. The van der Waals surface area contributed by atoms with Crippen molar-refractivity contribution in [3.05, 3.63) is 121 Å². The lowest BCUT2D eigenvalue weighted by molar-refractivity contribution is 0.422. The van der Waals surface area contributed by atoms with Crippen molar-refractivity contribution in [1.29, 1.82) is 0 Å². The molecule has 4 rings (SSSR count). The minimum atomic E-state index is -0.228. The summed E-state index contributed by atoms with van der Waals surface area (Å²) in [6.07, 6.45) is 2.21. The second-order valence-corrected chi connectivity index (χ2v) is 22.7. The van der Waals surface area contributed by atoms with E-state index in [1.807, 2.05) is 0 Å². The van der Waals surface area contributed by atoms with Crippen LogP contribution in [0.3, 0.4) is 0 Å². The number of rotatable bonds is 6. The fourth-order valence-corrected chi connectivity index (χ4v) is 7.86. The number of aromatic hydroxyl groups is 3. The van der Waals surface area contributed by atoms with Gasteiger partial charge in [-0.3, -0.25) is 0 Å². The van der Waals surface area contributed by atoms with E-state index < -0.39 is 0 Å². The number of aryl methyl sites for hydroxylation is 1. The molecule has 0 aliphatic rings. The molecule has 0 amide bonds. The molecule has 0 atom stereocenters. The number of phenols is 3. The highest BCUT2D eigenvalue weighted by Gasteiger charge is 2.30. The molecule has 0 aliphatic carbocycles. The van der Waals surface area contributed by atoms with Crippen LogP contribution in [-0.4, -0.2) is 15.3 Å². The van der Waals surface area contributed by atoms with Gasteiger partial charge in [-0.05, 0) is 131 Å². The average molecular weight is 747 g/mol. The molecular formula is C52H74O3. The number of hydrogen-bond donors (Lipinski definition) is 3. The molecule has 0 spiro atoms. The lowest BCUT2D eigenvalue weighted by atomic mass is 9.76. The topological polar surface area (TPSA) is 60.7 Å². The first kappa shape index (κ1) is 44.0. The molecule has 0 aliphatic heterocycles. The Kier molecular flexibility index (Phi) is 11.7. The van der Waals surface area contributed by atoms with Crippen molar-refractivity contribution in [2.24, 2.45) is 0 Å². The van der Waals surface area contributed by atoms with Crippen LogP contribution in [0, 0.1) is 6.92 Å². The van der Waals surface area contributed by atoms with Crippen LogP contribution in [-0.2, 0) is 51.8 Å². The van der Waals surface area contributed by atoms with Gasteiger partial charge in [-0.25, -0.2) is 0 Å². The minimum Gasteiger partial charge on any atom is -0.507 e. The molecule has 0 radical (unpaired) electrons. The molecule has 300 valence electrons. The van der Waals surface area contributed by atoms with Crippen LogP contribution in [0.25, 0.3) is 0 Å². The van der Waals surface area contributed by atoms with Gasteiger partial charge in [0, 0.05) is 0 Å². The molecule has 4 aromatic rings. The third-order valence-corrected chi connectivity index (χ3v) is 11.2. The van der Waals surface area contributed by atoms with Gasteiger partial charge in [0.2, 0.25) is 0 Å². The van der Waals surface area contributed by atoms with Crippen molar-refractivity contribution in [3.63, 3.8) is 0 Å². The summed E-state index contributed by atoms with van der Waals surface area (Å²) < 4.78 is 0. The van der Waals surface area contributed by atoms with E-state index in [4.69, 9.17) is 0 Å². The van der Waals surface area contributed by atoms with Gasteiger partial charge in [0.15, 0.2) is 0 Å². The molecule has 0 saturated carbocycles. The zero-order valence-electron chi connectivity index (χ0n) is 38.1. The molecule has 3 nitrogen and oxygen atoms in total. The highest BCUT2D eigenvalue weighted by atomic mass is 16.3.